The van der Waals surface area contributed by atoms with Gasteiger partial charge in [-0.25, -0.2) is 0 Å². The molecule has 0 radical (unpaired) electrons. The number of hydrogen-bond acceptors (Lipinski definition) is 5. The summed E-state index contributed by atoms with van der Waals surface area (Å²) in [4.78, 5) is -1.44. The van der Waals surface area contributed by atoms with Crippen LogP contribution in [0.3, 0.4) is 0 Å². The molecule has 1 aromatic carbocycles. The Kier molecular flexibility index (Phi) is 4.49. The molecule has 0 unspecified atom stereocenters. The molecule has 0 amide bonds. The molecule has 3 N–H and O–H groups in total. The van der Waals surface area contributed by atoms with Crippen LogP contribution in [-0.2, 0) is 20.2 Å². The Morgan fingerprint density at radius 2 is 1.57 bits per heavy atom. The lowest BCUT2D eigenvalue weighted by Gasteiger charge is -2.10. The van der Waals surface area contributed by atoms with Crippen molar-refractivity contribution in [3.8, 4) is 0 Å². The molecule has 1 rings (SSSR count). The molecule has 0 aliphatic heterocycles. The van der Waals surface area contributed by atoms with Crippen molar-refractivity contribution in [2.45, 2.75) is 36.1 Å². The summed E-state index contributed by atoms with van der Waals surface area (Å²) in [6.45, 7) is 4.93. The van der Waals surface area contributed by atoms with Gasteiger partial charge in [0.2, 0.25) is 11.8 Å². The van der Waals surface area contributed by atoms with Gasteiger partial charge in [0.05, 0.1) is 10.5 Å². The number of nitrogens with zero attached hydrogens (tertiary/aromatic N) is 1. The summed E-state index contributed by atoms with van der Waals surface area (Å²) in [6, 6.07) is 2.60. The van der Waals surface area contributed by atoms with Gasteiger partial charge in [-0.3, -0.25) is 14.3 Å². The zero-order valence-electron chi connectivity index (χ0n) is 11.5. The van der Waals surface area contributed by atoms with E-state index in [0.29, 0.717) is 10.8 Å². The van der Waals surface area contributed by atoms with E-state index in [2.05, 4.69) is 0 Å². The van der Waals surface area contributed by atoms with Crippen molar-refractivity contribution in [1.82, 2.24) is 0 Å². The third-order valence-corrected chi connectivity index (χ3v) is 4.27. The number of rotatable bonds is 3. The molecule has 0 aromatic heterocycles. The summed E-state index contributed by atoms with van der Waals surface area (Å²) < 4.78 is 63.4. The Balaban J connectivity index is 3.63. The van der Waals surface area contributed by atoms with Gasteiger partial charge >= 0.3 is 0 Å². The van der Waals surface area contributed by atoms with E-state index in [0.717, 1.165) is 18.3 Å². The lowest BCUT2D eigenvalue weighted by Crippen LogP contribution is -2.31. The first-order valence-electron chi connectivity index (χ1n) is 5.65. The van der Waals surface area contributed by atoms with Gasteiger partial charge < -0.3 is 0 Å². The predicted octanol–water partition coefficient (Wildman–Crippen LogP) is 0.799. The van der Waals surface area contributed by atoms with Crippen molar-refractivity contribution in [1.29, 1.82) is 0 Å². The molecule has 0 aliphatic rings. The maximum atomic E-state index is 11.3. The standard InChI is InChI=1S/C11H15NO7S2/c1-11(2,3)12(13)7-8-4-5-9(20(14,15)16)6-10(8)21(17,18)19/h4-7H,1-3H3,(H2-,13,14,15,16,17,18,19)/p+1. The number of benzene rings is 1. The molecule has 0 atom stereocenters. The average Bonchev–Trinajstić information content (AvgIpc) is 2.25. The lowest BCUT2D eigenvalue weighted by atomic mass is 10.1. The Labute approximate surface area is 122 Å². The largest absolute Gasteiger partial charge is 0.295 e. The van der Waals surface area contributed by atoms with E-state index in [-0.39, 0.29) is 5.56 Å². The predicted molar refractivity (Wildman–Crippen MR) is 73.0 cm³/mol. The van der Waals surface area contributed by atoms with Crippen LogP contribution in [0.4, 0.5) is 0 Å². The lowest BCUT2D eigenvalue weighted by molar-refractivity contribution is -0.816. The van der Waals surface area contributed by atoms with Crippen LogP contribution in [0.15, 0.2) is 28.0 Å². The summed E-state index contributed by atoms with van der Waals surface area (Å²) in [5, 5.41) is 9.79. The molecule has 0 saturated heterocycles. The highest BCUT2D eigenvalue weighted by atomic mass is 32.2. The van der Waals surface area contributed by atoms with Gasteiger partial charge in [-0.2, -0.15) is 16.8 Å². The van der Waals surface area contributed by atoms with E-state index in [1.807, 2.05) is 0 Å². The van der Waals surface area contributed by atoms with Crippen molar-refractivity contribution < 1.29 is 35.9 Å². The Morgan fingerprint density at radius 1 is 1.05 bits per heavy atom. The number of hydrogen-bond donors (Lipinski definition) is 3. The van der Waals surface area contributed by atoms with Crippen LogP contribution in [0.1, 0.15) is 26.3 Å². The van der Waals surface area contributed by atoms with Crippen LogP contribution < -0.4 is 0 Å². The third-order valence-electron chi connectivity index (χ3n) is 2.51. The Morgan fingerprint density at radius 3 is 1.95 bits per heavy atom. The van der Waals surface area contributed by atoms with Gasteiger partial charge in [0, 0.05) is 20.8 Å². The monoisotopic (exact) mass is 338 g/mol. The van der Waals surface area contributed by atoms with Crippen molar-refractivity contribution in [2.75, 3.05) is 0 Å². The molecule has 10 heteroatoms. The molecule has 118 valence electrons. The SMILES string of the molecule is CC(C)(C)[N+](O)=Cc1ccc(S(=O)(=O)O)cc1S(=O)(=O)O. The summed E-state index contributed by atoms with van der Waals surface area (Å²) in [6.07, 6.45) is 1.02. The van der Waals surface area contributed by atoms with Crippen molar-refractivity contribution >= 4 is 26.5 Å². The maximum Gasteiger partial charge on any atom is 0.295 e. The van der Waals surface area contributed by atoms with Crippen LogP contribution >= 0.6 is 0 Å². The minimum atomic E-state index is -4.75. The smallest absolute Gasteiger partial charge is 0.290 e. The van der Waals surface area contributed by atoms with E-state index < -0.39 is 35.6 Å². The van der Waals surface area contributed by atoms with E-state index in [1.54, 1.807) is 20.8 Å². The molecular formula is C11H16NO7S2+. The highest BCUT2D eigenvalue weighted by Crippen LogP contribution is 2.20. The van der Waals surface area contributed by atoms with Crippen LogP contribution in [0, 0.1) is 0 Å². The number of hydroxylamine groups is 1. The van der Waals surface area contributed by atoms with E-state index in [9.17, 15) is 22.0 Å². The summed E-state index contributed by atoms with van der Waals surface area (Å²) in [5.74, 6) is 0. The molecule has 0 bridgehead atoms. The first-order valence-corrected chi connectivity index (χ1v) is 8.53. The van der Waals surface area contributed by atoms with E-state index in [4.69, 9.17) is 9.11 Å². The van der Waals surface area contributed by atoms with Gasteiger partial charge in [0.1, 0.15) is 4.90 Å². The zero-order chi connectivity index (χ0) is 16.6. The fourth-order valence-electron chi connectivity index (χ4n) is 1.33. The van der Waals surface area contributed by atoms with Gasteiger partial charge in [-0.15, -0.1) is 0 Å². The minimum Gasteiger partial charge on any atom is -0.290 e. The Bertz CT molecular complexity index is 786. The normalized spacial score (nSPS) is 14.2. The first-order chi connectivity index (χ1) is 9.23. The average molecular weight is 338 g/mol. The molecule has 0 spiro atoms. The third kappa shape index (κ3) is 4.49. The fraction of sp³-hybridized carbons (Fsp3) is 0.364. The zero-order valence-corrected chi connectivity index (χ0v) is 13.2. The minimum absolute atomic E-state index is 0.137. The van der Waals surface area contributed by atoms with Crippen molar-refractivity contribution in [3.05, 3.63) is 23.8 Å². The van der Waals surface area contributed by atoms with Crippen LogP contribution in [-0.4, -0.2) is 47.6 Å². The van der Waals surface area contributed by atoms with Crippen LogP contribution in [0.25, 0.3) is 0 Å². The molecular weight excluding hydrogens is 322 g/mol. The maximum absolute atomic E-state index is 11.3. The highest BCUT2D eigenvalue weighted by Gasteiger charge is 2.27. The first kappa shape index (κ1) is 17.6. The van der Waals surface area contributed by atoms with Gasteiger partial charge in [-0.05, 0) is 22.9 Å². The Hall–Kier alpha value is -1.49. The molecule has 0 heterocycles. The fourth-order valence-corrected chi connectivity index (χ4v) is 2.61. The molecule has 0 saturated carbocycles. The quantitative estimate of drug-likeness (QED) is 0.244. The molecule has 0 fully saturated rings. The second-order valence-corrected chi connectivity index (χ2v) is 8.11. The molecule has 21 heavy (non-hydrogen) atoms. The van der Waals surface area contributed by atoms with Gasteiger partial charge in [0.25, 0.3) is 20.2 Å². The van der Waals surface area contributed by atoms with Gasteiger partial charge in [-0.1, -0.05) is 0 Å². The summed E-state index contributed by atoms with van der Waals surface area (Å²) in [7, 11) is -9.38. The molecule has 1 aromatic rings. The summed E-state index contributed by atoms with van der Waals surface area (Å²) in [5.41, 5.74) is -0.889. The molecule has 8 nitrogen and oxygen atoms in total. The topological polar surface area (TPSA) is 132 Å². The van der Waals surface area contributed by atoms with E-state index in [1.165, 1.54) is 0 Å². The van der Waals surface area contributed by atoms with Crippen molar-refractivity contribution in [3.63, 3.8) is 0 Å². The molecule has 0 aliphatic carbocycles. The second-order valence-electron chi connectivity index (χ2n) is 5.29. The highest BCUT2D eigenvalue weighted by molar-refractivity contribution is 7.86. The summed E-state index contributed by atoms with van der Waals surface area (Å²) >= 11 is 0. The van der Waals surface area contributed by atoms with Crippen molar-refractivity contribution in [2.24, 2.45) is 0 Å². The van der Waals surface area contributed by atoms with Crippen LogP contribution in [0.5, 0.6) is 0 Å². The van der Waals surface area contributed by atoms with E-state index >= 15 is 0 Å². The van der Waals surface area contributed by atoms with Crippen LogP contribution in [0.2, 0.25) is 0 Å². The van der Waals surface area contributed by atoms with Gasteiger partial charge in [0.15, 0.2) is 0 Å². The second kappa shape index (κ2) is 5.37.